The van der Waals surface area contributed by atoms with E-state index in [1.807, 2.05) is 13.0 Å². The number of benzene rings is 1. The smallest absolute Gasteiger partial charge is 0.131 e. The van der Waals surface area contributed by atoms with Gasteiger partial charge in [-0.3, -0.25) is 4.68 Å². The Morgan fingerprint density at radius 1 is 1.32 bits per heavy atom. The van der Waals surface area contributed by atoms with E-state index in [2.05, 4.69) is 10.4 Å². The Morgan fingerprint density at radius 2 is 2.05 bits per heavy atom. The number of aryl methyl sites for hydroxylation is 2. The maximum Gasteiger partial charge on any atom is 0.131 e. The molecule has 1 atom stereocenters. The SMILES string of the molecule is CCNC(c1cc(C)c(F)cc1F)c1ccnn1C. The molecule has 19 heavy (non-hydrogen) atoms. The molecule has 0 aliphatic carbocycles. The third kappa shape index (κ3) is 2.66. The molecular formula is C14H17F2N3. The van der Waals surface area contributed by atoms with Gasteiger partial charge in [-0.1, -0.05) is 6.92 Å². The molecule has 0 aliphatic rings. The van der Waals surface area contributed by atoms with Crippen molar-refractivity contribution in [1.82, 2.24) is 15.1 Å². The molecule has 0 amide bonds. The molecule has 5 heteroatoms. The number of rotatable bonds is 4. The summed E-state index contributed by atoms with van der Waals surface area (Å²) < 4.78 is 29.1. The van der Waals surface area contributed by atoms with Crippen LogP contribution in [-0.2, 0) is 7.05 Å². The van der Waals surface area contributed by atoms with Gasteiger partial charge in [0.25, 0.3) is 0 Å². The Morgan fingerprint density at radius 3 is 2.63 bits per heavy atom. The molecule has 0 saturated carbocycles. The molecule has 1 unspecified atom stereocenters. The third-order valence-corrected chi connectivity index (χ3v) is 3.15. The minimum absolute atomic E-state index is 0.336. The van der Waals surface area contributed by atoms with Gasteiger partial charge in [0.1, 0.15) is 11.6 Å². The van der Waals surface area contributed by atoms with Gasteiger partial charge in [0.15, 0.2) is 0 Å². The van der Waals surface area contributed by atoms with E-state index in [9.17, 15) is 8.78 Å². The first-order valence-electron chi connectivity index (χ1n) is 6.21. The van der Waals surface area contributed by atoms with E-state index in [1.165, 1.54) is 0 Å². The fourth-order valence-electron chi connectivity index (χ4n) is 2.15. The second-order valence-corrected chi connectivity index (χ2v) is 4.49. The summed E-state index contributed by atoms with van der Waals surface area (Å²) in [5.41, 5.74) is 1.71. The van der Waals surface area contributed by atoms with Crippen molar-refractivity contribution in [3.8, 4) is 0 Å². The topological polar surface area (TPSA) is 29.9 Å². The quantitative estimate of drug-likeness (QED) is 0.921. The van der Waals surface area contributed by atoms with Crippen molar-refractivity contribution in [2.75, 3.05) is 6.54 Å². The van der Waals surface area contributed by atoms with Gasteiger partial charge in [0.2, 0.25) is 0 Å². The molecule has 3 nitrogen and oxygen atoms in total. The molecule has 102 valence electrons. The van der Waals surface area contributed by atoms with Crippen LogP contribution in [0.4, 0.5) is 8.78 Å². The average molecular weight is 265 g/mol. The minimum Gasteiger partial charge on any atom is -0.305 e. The molecule has 1 heterocycles. The predicted molar refractivity (Wildman–Crippen MR) is 69.8 cm³/mol. The summed E-state index contributed by atoms with van der Waals surface area (Å²) >= 11 is 0. The lowest BCUT2D eigenvalue weighted by Crippen LogP contribution is -2.25. The highest BCUT2D eigenvalue weighted by Crippen LogP contribution is 2.26. The lowest BCUT2D eigenvalue weighted by molar-refractivity contribution is 0.519. The van der Waals surface area contributed by atoms with Crippen molar-refractivity contribution in [1.29, 1.82) is 0 Å². The van der Waals surface area contributed by atoms with Crippen LogP contribution in [0, 0.1) is 18.6 Å². The molecule has 1 aromatic heterocycles. The van der Waals surface area contributed by atoms with Crippen molar-refractivity contribution in [3.05, 3.63) is 52.9 Å². The summed E-state index contributed by atoms with van der Waals surface area (Å²) in [4.78, 5) is 0. The minimum atomic E-state index is -0.546. The number of hydrogen-bond acceptors (Lipinski definition) is 2. The fraction of sp³-hybridized carbons (Fsp3) is 0.357. The van der Waals surface area contributed by atoms with E-state index in [0.29, 0.717) is 17.7 Å². The number of hydrogen-bond donors (Lipinski definition) is 1. The van der Waals surface area contributed by atoms with Crippen molar-refractivity contribution < 1.29 is 8.78 Å². The molecule has 0 bridgehead atoms. The highest BCUT2D eigenvalue weighted by atomic mass is 19.1. The van der Waals surface area contributed by atoms with Crippen LogP contribution in [0.15, 0.2) is 24.4 Å². The van der Waals surface area contributed by atoms with Crippen LogP contribution >= 0.6 is 0 Å². The van der Waals surface area contributed by atoms with E-state index in [0.717, 1.165) is 11.8 Å². The Bertz CT molecular complexity index is 578. The first-order chi connectivity index (χ1) is 9.04. The molecule has 0 spiro atoms. The first kappa shape index (κ1) is 13.7. The largest absolute Gasteiger partial charge is 0.305 e. The second kappa shape index (κ2) is 5.48. The zero-order valence-electron chi connectivity index (χ0n) is 11.2. The van der Waals surface area contributed by atoms with Crippen molar-refractivity contribution in [2.24, 2.45) is 7.05 Å². The van der Waals surface area contributed by atoms with Crippen LogP contribution < -0.4 is 5.32 Å². The number of halogens is 2. The number of nitrogens with one attached hydrogen (secondary N) is 1. The summed E-state index contributed by atoms with van der Waals surface area (Å²) in [5, 5.41) is 7.30. The molecular weight excluding hydrogens is 248 g/mol. The zero-order chi connectivity index (χ0) is 14.0. The molecule has 0 fully saturated rings. The molecule has 0 saturated heterocycles. The van der Waals surface area contributed by atoms with Gasteiger partial charge in [0, 0.05) is 24.9 Å². The van der Waals surface area contributed by atoms with Crippen molar-refractivity contribution in [2.45, 2.75) is 19.9 Å². The fourth-order valence-corrected chi connectivity index (χ4v) is 2.15. The molecule has 1 N–H and O–H groups in total. The second-order valence-electron chi connectivity index (χ2n) is 4.49. The summed E-state index contributed by atoms with van der Waals surface area (Å²) in [7, 11) is 1.80. The van der Waals surface area contributed by atoms with E-state index in [4.69, 9.17) is 0 Å². The number of aromatic nitrogens is 2. The first-order valence-corrected chi connectivity index (χ1v) is 6.21. The summed E-state index contributed by atoms with van der Waals surface area (Å²) in [6.45, 7) is 4.24. The van der Waals surface area contributed by atoms with Gasteiger partial charge in [-0.05, 0) is 31.2 Å². The van der Waals surface area contributed by atoms with Gasteiger partial charge in [0.05, 0.1) is 11.7 Å². The van der Waals surface area contributed by atoms with E-state index >= 15 is 0 Å². The standard InChI is InChI=1S/C14H17F2N3/c1-4-17-14(13-5-6-18-19(13)3)10-7-9(2)11(15)8-12(10)16/h5-8,14,17H,4H2,1-3H3. The predicted octanol–water partition coefficient (Wildman–Crippen LogP) is 2.71. The van der Waals surface area contributed by atoms with E-state index in [1.54, 1.807) is 30.9 Å². The number of nitrogens with zero attached hydrogens (tertiary/aromatic N) is 2. The monoisotopic (exact) mass is 265 g/mol. The van der Waals surface area contributed by atoms with E-state index < -0.39 is 11.6 Å². The van der Waals surface area contributed by atoms with Crippen LogP contribution in [0.25, 0.3) is 0 Å². The van der Waals surface area contributed by atoms with Crippen LogP contribution in [0.5, 0.6) is 0 Å². The zero-order valence-corrected chi connectivity index (χ0v) is 11.2. The molecule has 2 rings (SSSR count). The van der Waals surface area contributed by atoms with Crippen LogP contribution in [0.1, 0.15) is 29.8 Å². The van der Waals surface area contributed by atoms with Crippen molar-refractivity contribution in [3.63, 3.8) is 0 Å². The Hall–Kier alpha value is -1.75. The van der Waals surface area contributed by atoms with Gasteiger partial charge in [-0.2, -0.15) is 5.10 Å². The summed E-state index contributed by atoms with van der Waals surface area (Å²) in [6.07, 6.45) is 1.66. The highest BCUT2D eigenvalue weighted by molar-refractivity contribution is 5.33. The van der Waals surface area contributed by atoms with Gasteiger partial charge in [-0.25, -0.2) is 8.78 Å². The summed E-state index contributed by atoms with van der Waals surface area (Å²) in [5.74, 6) is -1.07. The lowest BCUT2D eigenvalue weighted by Gasteiger charge is -2.20. The van der Waals surface area contributed by atoms with E-state index in [-0.39, 0.29) is 6.04 Å². The normalized spacial score (nSPS) is 12.7. The van der Waals surface area contributed by atoms with Gasteiger partial charge >= 0.3 is 0 Å². The molecule has 2 aromatic rings. The Labute approximate surface area is 111 Å². The van der Waals surface area contributed by atoms with Gasteiger partial charge in [-0.15, -0.1) is 0 Å². The van der Waals surface area contributed by atoms with Crippen LogP contribution in [0.2, 0.25) is 0 Å². The molecule has 0 aliphatic heterocycles. The maximum atomic E-state index is 14.0. The maximum absolute atomic E-state index is 14.0. The van der Waals surface area contributed by atoms with Crippen LogP contribution in [0.3, 0.4) is 0 Å². The van der Waals surface area contributed by atoms with Gasteiger partial charge < -0.3 is 5.32 Å². The molecule has 0 radical (unpaired) electrons. The van der Waals surface area contributed by atoms with Crippen LogP contribution in [-0.4, -0.2) is 16.3 Å². The van der Waals surface area contributed by atoms with Crippen molar-refractivity contribution >= 4 is 0 Å². The Balaban J connectivity index is 2.51. The molecule has 1 aromatic carbocycles. The Kier molecular flexibility index (Phi) is 3.95. The third-order valence-electron chi connectivity index (χ3n) is 3.15. The average Bonchev–Trinajstić information content (AvgIpc) is 2.77. The lowest BCUT2D eigenvalue weighted by atomic mass is 10.0. The highest BCUT2D eigenvalue weighted by Gasteiger charge is 2.21. The summed E-state index contributed by atoms with van der Waals surface area (Å²) in [6, 6.07) is 3.97.